The number of guanidine groups is 1. The summed E-state index contributed by atoms with van der Waals surface area (Å²) in [5.74, 6) is 2.07. The maximum atomic E-state index is 12.2. The lowest BCUT2D eigenvalue weighted by molar-refractivity contribution is 0.0486. The first-order valence-corrected chi connectivity index (χ1v) is 11.3. The molecule has 0 aliphatic rings. The maximum Gasteiger partial charge on any atom is 0.407 e. The highest BCUT2D eigenvalue weighted by molar-refractivity contribution is 5.79. The monoisotopic (exact) mass is 437 g/mol. The van der Waals surface area contributed by atoms with Crippen LogP contribution in [0.25, 0.3) is 0 Å². The van der Waals surface area contributed by atoms with E-state index < -0.39 is 5.60 Å². The lowest BCUT2D eigenvalue weighted by Gasteiger charge is -2.28. The van der Waals surface area contributed by atoms with Crippen LogP contribution in [0.5, 0.6) is 0 Å². The minimum Gasteiger partial charge on any atom is -0.444 e. The summed E-state index contributed by atoms with van der Waals surface area (Å²) < 4.78 is 10.6. The Morgan fingerprint density at radius 1 is 1.29 bits per heavy atom. The predicted octanol–water partition coefficient (Wildman–Crippen LogP) is 4.06. The highest BCUT2D eigenvalue weighted by Crippen LogP contribution is 2.14. The minimum absolute atomic E-state index is 0.0275. The fourth-order valence-electron chi connectivity index (χ4n) is 3.24. The average molecular weight is 438 g/mol. The largest absolute Gasteiger partial charge is 0.444 e. The van der Waals surface area contributed by atoms with Gasteiger partial charge in [-0.15, -0.1) is 0 Å². The molecule has 1 aromatic rings. The fourth-order valence-corrected chi connectivity index (χ4v) is 3.24. The van der Waals surface area contributed by atoms with Crippen molar-refractivity contribution < 1.29 is 14.1 Å². The third-order valence-corrected chi connectivity index (χ3v) is 5.01. The third-order valence-electron chi connectivity index (χ3n) is 5.01. The molecule has 178 valence electrons. The van der Waals surface area contributed by atoms with Crippen LogP contribution in [0, 0.1) is 19.8 Å². The molecule has 1 rings (SSSR count). The Kier molecular flexibility index (Phi) is 10.9. The summed E-state index contributed by atoms with van der Waals surface area (Å²) in [5, 5.41) is 10.4. The van der Waals surface area contributed by atoms with Crippen molar-refractivity contribution in [2.24, 2.45) is 10.9 Å². The van der Waals surface area contributed by atoms with Gasteiger partial charge in [0.2, 0.25) is 0 Å². The molecule has 31 heavy (non-hydrogen) atoms. The molecule has 1 aromatic heterocycles. The number of hydrogen-bond donors (Lipinski definition) is 2. The molecule has 0 aliphatic heterocycles. The quantitative estimate of drug-likeness (QED) is 0.326. The number of nitrogens with zero attached hydrogens (tertiary/aromatic N) is 3. The van der Waals surface area contributed by atoms with Gasteiger partial charge in [-0.2, -0.15) is 0 Å². The minimum atomic E-state index is -0.503. The highest BCUT2D eigenvalue weighted by atomic mass is 16.6. The van der Waals surface area contributed by atoms with Crippen LogP contribution < -0.4 is 10.6 Å². The number of ether oxygens (including phenoxy) is 1. The second-order valence-electron chi connectivity index (χ2n) is 9.35. The molecule has 8 heteroatoms. The number of hydrogen-bond acceptors (Lipinski definition) is 5. The number of carbonyl (C=O) groups is 1. The van der Waals surface area contributed by atoms with Crippen LogP contribution in [0.15, 0.2) is 9.52 Å². The Morgan fingerprint density at radius 3 is 2.48 bits per heavy atom. The normalized spacial score (nSPS) is 13.3. The number of nitrogens with one attached hydrogen (secondary N) is 2. The topological polar surface area (TPSA) is 92.0 Å². The van der Waals surface area contributed by atoms with E-state index in [-0.39, 0.29) is 12.1 Å². The van der Waals surface area contributed by atoms with Gasteiger partial charge in [0.25, 0.3) is 0 Å². The standard InChI is InChI=1S/C23H43N5O3/c1-10-24-21(25-14-11-12-19-17(4)27-31-18(19)5)28(9)15-13-20(16(2)3)26-22(29)30-23(6,7)8/h16,20H,10-15H2,1-9H3,(H,24,25)(H,26,29). The molecule has 0 saturated carbocycles. The van der Waals surface area contributed by atoms with Crippen LogP contribution >= 0.6 is 0 Å². The molecule has 1 atom stereocenters. The van der Waals surface area contributed by atoms with E-state index in [9.17, 15) is 4.79 Å². The average Bonchev–Trinajstić information content (AvgIpc) is 2.97. The van der Waals surface area contributed by atoms with Crippen molar-refractivity contribution in [2.75, 3.05) is 26.7 Å². The van der Waals surface area contributed by atoms with Crippen molar-refractivity contribution in [2.45, 2.75) is 86.3 Å². The summed E-state index contributed by atoms with van der Waals surface area (Å²) in [7, 11) is 2.03. The van der Waals surface area contributed by atoms with Gasteiger partial charge in [0.15, 0.2) is 5.96 Å². The zero-order valence-electron chi connectivity index (χ0n) is 21.0. The second kappa shape index (κ2) is 12.6. The van der Waals surface area contributed by atoms with Crippen LogP contribution in [0.4, 0.5) is 4.79 Å². The first-order valence-electron chi connectivity index (χ1n) is 11.3. The first-order chi connectivity index (χ1) is 14.4. The van der Waals surface area contributed by atoms with E-state index in [1.807, 2.05) is 41.7 Å². The highest BCUT2D eigenvalue weighted by Gasteiger charge is 2.22. The summed E-state index contributed by atoms with van der Waals surface area (Å²) in [5.41, 5.74) is 1.64. The van der Waals surface area contributed by atoms with Crippen LogP contribution in [-0.2, 0) is 11.2 Å². The molecule has 0 spiro atoms. The number of alkyl carbamates (subject to hydrolysis) is 1. The fraction of sp³-hybridized carbons (Fsp3) is 0.783. The van der Waals surface area contributed by atoms with E-state index >= 15 is 0 Å². The molecule has 1 heterocycles. The van der Waals surface area contributed by atoms with E-state index in [2.05, 4.69) is 41.5 Å². The molecule has 0 radical (unpaired) electrons. The number of rotatable bonds is 10. The van der Waals surface area contributed by atoms with E-state index in [0.717, 1.165) is 56.3 Å². The summed E-state index contributed by atoms with van der Waals surface area (Å²) in [6, 6.07) is 0.0275. The molecule has 1 amide bonds. The zero-order chi connectivity index (χ0) is 23.6. The van der Waals surface area contributed by atoms with Gasteiger partial charge in [-0.3, -0.25) is 4.99 Å². The molecule has 0 saturated heterocycles. The van der Waals surface area contributed by atoms with Crippen LogP contribution in [0.3, 0.4) is 0 Å². The summed E-state index contributed by atoms with van der Waals surface area (Å²) in [6.45, 7) is 18.1. The Labute approximate surface area is 188 Å². The smallest absolute Gasteiger partial charge is 0.407 e. The third kappa shape index (κ3) is 10.1. The zero-order valence-corrected chi connectivity index (χ0v) is 21.0. The maximum absolute atomic E-state index is 12.2. The van der Waals surface area contributed by atoms with Gasteiger partial charge in [-0.05, 0) is 66.7 Å². The molecular formula is C23H43N5O3. The van der Waals surface area contributed by atoms with Gasteiger partial charge in [0, 0.05) is 38.3 Å². The van der Waals surface area contributed by atoms with Gasteiger partial charge in [0.1, 0.15) is 11.4 Å². The van der Waals surface area contributed by atoms with Crippen molar-refractivity contribution in [1.82, 2.24) is 20.7 Å². The molecule has 0 aliphatic carbocycles. The summed E-state index contributed by atoms with van der Waals surface area (Å²) in [4.78, 5) is 19.1. The van der Waals surface area contributed by atoms with Gasteiger partial charge in [0.05, 0.1) is 5.69 Å². The van der Waals surface area contributed by atoms with Gasteiger partial charge in [-0.1, -0.05) is 19.0 Å². The Balaban J connectivity index is 2.60. The van der Waals surface area contributed by atoms with Crippen LogP contribution in [0.1, 0.15) is 71.4 Å². The molecule has 0 bridgehead atoms. The van der Waals surface area contributed by atoms with E-state index in [1.165, 1.54) is 5.56 Å². The van der Waals surface area contributed by atoms with Gasteiger partial charge < -0.3 is 24.8 Å². The van der Waals surface area contributed by atoms with Crippen molar-refractivity contribution in [1.29, 1.82) is 0 Å². The SMILES string of the molecule is CCNC(=NCCCc1c(C)noc1C)N(C)CCC(NC(=O)OC(C)(C)C)C(C)C. The van der Waals surface area contributed by atoms with Crippen molar-refractivity contribution >= 4 is 12.1 Å². The summed E-state index contributed by atoms with van der Waals surface area (Å²) >= 11 is 0. The number of aliphatic imine (C=N–C) groups is 1. The van der Waals surface area contributed by atoms with Crippen molar-refractivity contribution in [3.05, 3.63) is 17.0 Å². The van der Waals surface area contributed by atoms with Gasteiger partial charge >= 0.3 is 6.09 Å². The van der Waals surface area contributed by atoms with Crippen molar-refractivity contribution in [3.63, 3.8) is 0 Å². The summed E-state index contributed by atoms with van der Waals surface area (Å²) in [6.07, 6.45) is 2.27. The Morgan fingerprint density at radius 2 is 1.97 bits per heavy atom. The molecule has 8 nitrogen and oxygen atoms in total. The number of aryl methyl sites for hydroxylation is 2. The second-order valence-corrected chi connectivity index (χ2v) is 9.35. The van der Waals surface area contributed by atoms with E-state index in [1.54, 1.807) is 0 Å². The molecular weight excluding hydrogens is 394 g/mol. The van der Waals surface area contributed by atoms with E-state index in [0.29, 0.717) is 5.92 Å². The number of aromatic nitrogens is 1. The van der Waals surface area contributed by atoms with E-state index in [4.69, 9.17) is 14.3 Å². The first kappa shape index (κ1) is 26.8. The number of carbonyl (C=O) groups excluding carboxylic acids is 1. The van der Waals surface area contributed by atoms with Crippen molar-refractivity contribution in [3.8, 4) is 0 Å². The van der Waals surface area contributed by atoms with Crippen LogP contribution in [0.2, 0.25) is 0 Å². The lowest BCUT2D eigenvalue weighted by Crippen LogP contribution is -2.45. The van der Waals surface area contributed by atoms with Crippen LogP contribution in [-0.4, -0.2) is 60.4 Å². The molecule has 2 N–H and O–H groups in total. The molecule has 0 fully saturated rings. The number of amides is 1. The molecule has 0 aromatic carbocycles. The predicted molar refractivity (Wildman–Crippen MR) is 126 cm³/mol. The molecule has 1 unspecified atom stereocenters. The Bertz CT molecular complexity index is 687. The Hall–Kier alpha value is -2.25. The van der Waals surface area contributed by atoms with Gasteiger partial charge in [-0.25, -0.2) is 4.79 Å². The lowest BCUT2D eigenvalue weighted by atomic mass is 10.0.